The van der Waals surface area contributed by atoms with Gasteiger partial charge in [0.1, 0.15) is 71.1 Å². The maximum Gasteiger partial charge on any atom is 0.277 e. The molecule has 10 aromatic heterocycles. The van der Waals surface area contributed by atoms with E-state index in [9.17, 15) is 47.4 Å². The topological polar surface area (TPSA) is 362 Å². The van der Waals surface area contributed by atoms with Gasteiger partial charge in [-0.15, -0.1) is 58.8 Å². The third-order valence-electron chi connectivity index (χ3n) is 23.1. The van der Waals surface area contributed by atoms with Crippen LogP contribution < -0.4 is 27.4 Å². The predicted octanol–water partition coefficient (Wildman–Crippen LogP) is 15.5. The van der Waals surface area contributed by atoms with E-state index in [0.29, 0.717) is 128 Å². The average Bonchev–Trinajstić information content (AvgIpc) is 1.65. The number of aliphatic hydroxyl groups excluding tert-OH is 4. The van der Waals surface area contributed by atoms with Gasteiger partial charge in [0.2, 0.25) is 0 Å². The number of rotatable bonds is 34. The van der Waals surface area contributed by atoms with E-state index in [1.165, 1.54) is 92.6 Å². The van der Waals surface area contributed by atoms with Crippen molar-refractivity contribution < 1.29 is 81.8 Å². The Morgan fingerprint density at radius 1 is 0.380 bits per heavy atom. The van der Waals surface area contributed by atoms with Crippen molar-refractivity contribution in [1.82, 2.24) is 75.2 Å². The molecule has 1 saturated carbocycles. The fourth-order valence-corrected chi connectivity index (χ4v) is 17.9. The van der Waals surface area contributed by atoms with Crippen molar-refractivity contribution in [2.75, 3.05) is 78.0 Å². The molecule has 0 radical (unpaired) electrons. The second kappa shape index (κ2) is 49.4. The Hall–Kier alpha value is -11.9. The molecule has 0 spiro atoms. The number of aromatic nitrogens is 10. The first-order valence-corrected chi connectivity index (χ1v) is 49.7. The van der Waals surface area contributed by atoms with E-state index < -0.39 is 37.2 Å². The quantitative estimate of drug-likeness (QED) is 0.0134. The van der Waals surface area contributed by atoms with Crippen molar-refractivity contribution >= 4 is 144 Å². The Morgan fingerprint density at radius 2 is 0.628 bits per heavy atom. The molecule has 5 aromatic carbocycles. The van der Waals surface area contributed by atoms with Crippen molar-refractivity contribution in [2.45, 2.75) is 102 Å². The van der Waals surface area contributed by atoms with Crippen LogP contribution in [0.15, 0.2) is 207 Å². The van der Waals surface area contributed by atoms with Crippen LogP contribution in [-0.2, 0) is 91.5 Å². The number of nitrogens with zero attached hydrogens (tertiary/aromatic N) is 10. The van der Waals surface area contributed by atoms with E-state index in [2.05, 4.69) is 115 Å². The summed E-state index contributed by atoms with van der Waals surface area (Å²) >= 11 is 7.85. The van der Waals surface area contributed by atoms with Gasteiger partial charge in [0, 0.05) is 178 Å². The Bertz CT molecular complexity index is 6660. The molecule has 0 unspecified atom stereocenters. The molecule has 5 amide bonds. The second-order valence-corrected chi connectivity index (χ2v) is 36.4. The molecule has 0 bridgehead atoms. The van der Waals surface area contributed by atoms with E-state index in [0.717, 1.165) is 66.4 Å². The van der Waals surface area contributed by atoms with Crippen LogP contribution >= 0.6 is 58.8 Å². The average molecular weight is 1960 g/mol. The molecule has 1 fully saturated rings. The van der Waals surface area contributed by atoms with Gasteiger partial charge in [0.15, 0.2) is 0 Å². The van der Waals surface area contributed by atoms with Crippen molar-refractivity contribution in [3.8, 4) is 0 Å². The van der Waals surface area contributed by atoms with Crippen molar-refractivity contribution in [3.05, 3.63) is 295 Å². The standard InChI is InChI=1S/C21H22FN3O2S.2C20H22FN3O4S.C20H23N3O2S.C19H21N3O2S/c1-25-18(10-14-7-8-15(28-2)11-17(14)22)19(16-4-3-9-23-20(16)25)21(26)24-27-12-13-5-6-13;2*1-24-17(8-12-5-6-14(29-2)9-16(12)21)18(15-4-3-7-22-19(15)24)20(27)23-28-11-13(26)10-25;1-5-25-22-20(24)18-16-7-6-10-21-19(16)23(3)17(18)12-14-8-9-15(26-4)11-13(14)2;1-12-10-14(25-4)8-7-13(12)11-16-17(19(23)21-24-3)15-6-5-9-20-18(15)22(16)2/h3-4,7-9,11,13H,5-6,10,12H2,1-2H3,(H,24,26);2*3-7,9,13,25-26H,8,10-11H2,1-2H3,(H,23,27);6-11H,5,12H2,1-4H3,(H,22,24);5-10H,11H2,1-4H3,(H,21,23)/t;2*13-;;/m.10../s1. The molecule has 0 saturated heterocycles. The number of aliphatic hydroxyl groups is 4. The number of benzene rings is 5. The van der Waals surface area contributed by atoms with Gasteiger partial charge in [0.05, 0.1) is 61.4 Å². The van der Waals surface area contributed by atoms with Crippen LogP contribution in [0, 0.1) is 37.2 Å². The summed E-state index contributed by atoms with van der Waals surface area (Å²) in [5.41, 5.74) is 27.9. The molecular weight excluding hydrogens is 1850 g/mol. The fraction of sp³-hybridized carbons (Fsp3) is 0.300. The Kier molecular flexibility index (Phi) is 37.5. The summed E-state index contributed by atoms with van der Waals surface area (Å²) in [6.07, 6.45) is 20.3. The molecule has 15 aromatic rings. The number of nitrogens with one attached hydrogen (secondary N) is 5. The molecular formula is C100H110F3N15O14S5. The third kappa shape index (κ3) is 25.4. The minimum Gasteiger partial charge on any atom is -0.394 e. The lowest BCUT2D eigenvalue weighted by molar-refractivity contribution is -0.0296. The SMILES string of the molecule is CCONC(=O)c1c(Cc2ccc(SC)cc2C)n(C)c2ncccc12.CONC(=O)c1c(Cc2ccc(SC)cc2C)n(C)c2ncccc12.CSc1ccc(Cc2c(C(=O)NOCC3CC3)c3cccnc3n2C)c(F)c1.CSc1ccc(Cc2c(C(=O)NOC[C@@H](O)CO)c3cccnc3n2C)c(F)c1.CSc1ccc(Cc2c(C(=O)NOC[C@H](O)CO)c3cccnc3n2C)c(F)c1. The van der Waals surface area contributed by atoms with E-state index in [4.69, 9.17) is 34.4 Å². The number of thioether (sulfide) groups is 5. The summed E-state index contributed by atoms with van der Waals surface area (Å²) in [6, 6.07) is 46.2. The van der Waals surface area contributed by atoms with Gasteiger partial charge >= 0.3 is 0 Å². The summed E-state index contributed by atoms with van der Waals surface area (Å²) in [4.78, 5) is 116. The first-order chi connectivity index (χ1) is 66.1. The monoisotopic (exact) mass is 1960 g/mol. The number of aryl methyl sites for hydroxylation is 7. The summed E-state index contributed by atoms with van der Waals surface area (Å²) in [6.45, 7) is 5.50. The summed E-state index contributed by atoms with van der Waals surface area (Å²) < 4.78 is 53.1. The largest absolute Gasteiger partial charge is 0.394 e. The number of pyridine rings is 5. The lowest BCUT2D eigenvalue weighted by Crippen LogP contribution is -2.30. The molecule has 2 atom stereocenters. The Balaban J connectivity index is 0.000000154. The van der Waals surface area contributed by atoms with Gasteiger partial charge in [0.25, 0.3) is 29.5 Å². The third-order valence-corrected chi connectivity index (χ3v) is 26.8. The van der Waals surface area contributed by atoms with Crippen LogP contribution in [0.4, 0.5) is 13.2 Å². The van der Waals surface area contributed by atoms with Gasteiger partial charge in [-0.1, -0.05) is 30.3 Å². The van der Waals surface area contributed by atoms with Crippen molar-refractivity contribution in [2.24, 2.45) is 41.2 Å². The fourth-order valence-electron chi connectivity index (χ4n) is 15.6. The van der Waals surface area contributed by atoms with Gasteiger partial charge in [-0.2, -0.15) is 0 Å². The van der Waals surface area contributed by atoms with E-state index >= 15 is 0 Å². The van der Waals surface area contributed by atoms with Gasteiger partial charge < -0.3 is 43.3 Å². The molecule has 29 nitrogen and oxygen atoms in total. The predicted molar refractivity (Wildman–Crippen MR) is 531 cm³/mol. The minimum absolute atomic E-state index is 0.190. The minimum atomic E-state index is -1.10. The highest BCUT2D eigenvalue weighted by molar-refractivity contribution is 7.99. The second-order valence-electron chi connectivity index (χ2n) is 32.0. The van der Waals surface area contributed by atoms with Crippen LogP contribution in [0.1, 0.15) is 139 Å². The Morgan fingerprint density at radius 3 is 0.869 bits per heavy atom. The zero-order valence-electron chi connectivity index (χ0n) is 78.3. The zero-order valence-corrected chi connectivity index (χ0v) is 82.3. The maximum atomic E-state index is 14.6. The molecule has 0 aliphatic heterocycles. The zero-order chi connectivity index (χ0) is 98.3. The highest BCUT2D eigenvalue weighted by atomic mass is 32.2. The number of halogens is 3. The Labute approximate surface area is 812 Å². The number of fused-ring (bicyclic) bond motifs is 5. The summed E-state index contributed by atoms with van der Waals surface area (Å²) in [5, 5.41) is 40.0. The van der Waals surface area contributed by atoms with Crippen LogP contribution in [0.3, 0.4) is 0 Å². The molecule has 37 heteroatoms. The maximum absolute atomic E-state index is 14.6. The lowest BCUT2D eigenvalue weighted by Gasteiger charge is -2.11. The normalized spacial score (nSPS) is 12.2. The summed E-state index contributed by atoms with van der Waals surface area (Å²) in [7, 11) is 10.7. The van der Waals surface area contributed by atoms with Crippen molar-refractivity contribution in [3.63, 3.8) is 0 Å². The molecule has 10 heterocycles. The van der Waals surface area contributed by atoms with E-state index in [1.54, 1.807) is 126 Å². The molecule has 137 heavy (non-hydrogen) atoms. The van der Waals surface area contributed by atoms with Gasteiger partial charge in [-0.25, -0.2) is 65.5 Å². The van der Waals surface area contributed by atoms with Crippen LogP contribution in [0.5, 0.6) is 0 Å². The van der Waals surface area contributed by atoms with Crippen LogP contribution in [-0.4, -0.2) is 188 Å². The van der Waals surface area contributed by atoms with Gasteiger partial charge in [-0.3, -0.25) is 48.2 Å². The number of hydrogen-bond acceptors (Lipinski definition) is 24. The molecule has 720 valence electrons. The summed E-state index contributed by atoms with van der Waals surface area (Å²) in [5.74, 6) is -2.31. The number of carbonyl (C=O) groups is 5. The molecule has 9 N–H and O–H groups in total. The van der Waals surface area contributed by atoms with E-state index in [-0.39, 0.29) is 61.2 Å². The number of carbonyl (C=O) groups excluding carboxylic acids is 5. The number of hydroxylamine groups is 5. The van der Waals surface area contributed by atoms with Crippen molar-refractivity contribution in [1.29, 1.82) is 0 Å². The smallest absolute Gasteiger partial charge is 0.277 e. The van der Waals surface area contributed by atoms with Crippen LogP contribution in [0.2, 0.25) is 0 Å². The van der Waals surface area contributed by atoms with Crippen LogP contribution in [0.25, 0.3) is 55.2 Å². The van der Waals surface area contributed by atoms with E-state index in [1.807, 2.05) is 109 Å². The first-order valence-electron chi connectivity index (χ1n) is 43.6. The molecule has 1 aliphatic carbocycles. The van der Waals surface area contributed by atoms with Gasteiger partial charge in [-0.05, 0) is 231 Å². The highest BCUT2D eigenvalue weighted by Gasteiger charge is 2.31. The molecule has 16 rings (SSSR count). The lowest BCUT2D eigenvalue weighted by atomic mass is 10.0. The first kappa shape index (κ1) is 104. The number of amides is 5. The molecule has 1 aliphatic rings. The highest BCUT2D eigenvalue weighted by Crippen LogP contribution is 2.36. The number of hydrogen-bond donors (Lipinski definition) is 9.